The average Bonchev–Trinajstić information content (AvgIpc) is 2.87. The average molecular weight is 316 g/mol. The Bertz CT molecular complexity index is 569. The maximum atomic E-state index is 12.3. The number of nitrogens with zero attached hydrogens (tertiary/aromatic N) is 2. The third-order valence-corrected chi connectivity index (χ3v) is 3.95. The number of amides is 1. The highest BCUT2D eigenvalue weighted by Crippen LogP contribution is 2.25. The third kappa shape index (κ3) is 4.91. The van der Waals surface area contributed by atoms with Gasteiger partial charge in [-0.1, -0.05) is 12.1 Å². The monoisotopic (exact) mass is 316 g/mol. The van der Waals surface area contributed by atoms with Gasteiger partial charge in [0.05, 0.1) is 18.2 Å². The molecule has 0 bridgehead atoms. The van der Waals surface area contributed by atoms with Crippen LogP contribution in [0.25, 0.3) is 0 Å². The van der Waals surface area contributed by atoms with Crippen molar-refractivity contribution in [1.29, 1.82) is 0 Å². The van der Waals surface area contributed by atoms with Gasteiger partial charge in [-0.25, -0.2) is 0 Å². The summed E-state index contributed by atoms with van der Waals surface area (Å²) in [6.45, 7) is 8.28. The highest BCUT2D eigenvalue weighted by molar-refractivity contribution is 5.86. The van der Waals surface area contributed by atoms with Crippen LogP contribution in [-0.2, 0) is 20.9 Å². The van der Waals surface area contributed by atoms with Crippen molar-refractivity contribution in [3.05, 3.63) is 42.7 Å². The summed E-state index contributed by atoms with van der Waals surface area (Å²) in [5.41, 5.74) is 0.282. The van der Waals surface area contributed by atoms with Gasteiger partial charge in [0.1, 0.15) is 5.60 Å². The Hall–Kier alpha value is -2.17. The standard InChI is InChI=1S/C18H24N2O3/c1-4-5-9-18(2,3)23-17(22)14-11-16(21)20(12-14)13-15-8-6-7-10-19-15/h4,6-8,10,14H,1,5,9,11-13H2,2-3H3/t14-/m1/s1. The number of allylic oxidation sites excluding steroid dienone is 1. The fourth-order valence-electron chi connectivity index (χ4n) is 2.63. The highest BCUT2D eigenvalue weighted by atomic mass is 16.6. The lowest BCUT2D eigenvalue weighted by Crippen LogP contribution is -2.33. The minimum atomic E-state index is -0.539. The molecule has 0 unspecified atom stereocenters. The van der Waals surface area contributed by atoms with Gasteiger partial charge in [-0.05, 0) is 38.8 Å². The van der Waals surface area contributed by atoms with E-state index >= 15 is 0 Å². The van der Waals surface area contributed by atoms with E-state index in [4.69, 9.17) is 4.74 Å². The normalized spacial score (nSPS) is 18.1. The van der Waals surface area contributed by atoms with E-state index in [-0.39, 0.29) is 18.3 Å². The van der Waals surface area contributed by atoms with Crippen molar-refractivity contribution >= 4 is 11.9 Å². The summed E-state index contributed by atoms with van der Waals surface area (Å²) in [6.07, 6.45) is 5.23. The fraction of sp³-hybridized carbons (Fsp3) is 0.500. The second kappa shape index (κ2) is 7.40. The van der Waals surface area contributed by atoms with Crippen molar-refractivity contribution < 1.29 is 14.3 Å². The minimum Gasteiger partial charge on any atom is -0.459 e. The molecule has 1 fully saturated rings. The molecule has 0 aliphatic carbocycles. The molecule has 5 nitrogen and oxygen atoms in total. The van der Waals surface area contributed by atoms with Crippen LogP contribution in [0.3, 0.4) is 0 Å². The summed E-state index contributed by atoms with van der Waals surface area (Å²) in [7, 11) is 0. The predicted octanol–water partition coefficient (Wildman–Crippen LogP) is 2.72. The molecule has 0 saturated carbocycles. The second-order valence-electron chi connectivity index (χ2n) is 6.50. The Morgan fingerprint density at radius 1 is 1.52 bits per heavy atom. The number of hydrogen-bond donors (Lipinski definition) is 0. The topological polar surface area (TPSA) is 59.5 Å². The Kier molecular flexibility index (Phi) is 5.53. The molecule has 0 radical (unpaired) electrons. The fourth-order valence-corrected chi connectivity index (χ4v) is 2.63. The van der Waals surface area contributed by atoms with Crippen molar-refractivity contribution in [2.24, 2.45) is 5.92 Å². The van der Waals surface area contributed by atoms with Crippen LogP contribution in [-0.4, -0.2) is 33.9 Å². The zero-order valence-electron chi connectivity index (χ0n) is 13.8. The summed E-state index contributed by atoms with van der Waals surface area (Å²) < 4.78 is 5.59. The molecule has 1 atom stereocenters. The molecular formula is C18H24N2O3. The molecule has 1 saturated heterocycles. The van der Waals surface area contributed by atoms with E-state index < -0.39 is 11.5 Å². The van der Waals surface area contributed by atoms with Crippen molar-refractivity contribution in [1.82, 2.24) is 9.88 Å². The Morgan fingerprint density at radius 3 is 2.96 bits per heavy atom. The van der Waals surface area contributed by atoms with Crippen LogP contribution in [0.4, 0.5) is 0 Å². The predicted molar refractivity (Wildman–Crippen MR) is 87.4 cm³/mol. The first-order valence-electron chi connectivity index (χ1n) is 7.93. The molecular weight excluding hydrogens is 292 g/mol. The van der Waals surface area contributed by atoms with Crippen LogP contribution in [0.5, 0.6) is 0 Å². The van der Waals surface area contributed by atoms with Crippen LogP contribution in [0.15, 0.2) is 37.1 Å². The van der Waals surface area contributed by atoms with E-state index in [1.165, 1.54) is 0 Å². The Balaban J connectivity index is 1.91. The van der Waals surface area contributed by atoms with Crippen LogP contribution in [0.2, 0.25) is 0 Å². The van der Waals surface area contributed by atoms with Crippen LogP contribution >= 0.6 is 0 Å². The van der Waals surface area contributed by atoms with Gasteiger partial charge >= 0.3 is 5.97 Å². The Labute approximate surface area is 137 Å². The maximum absolute atomic E-state index is 12.3. The van der Waals surface area contributed by atoms with Gasteiger partial charge in [-0.3, -0.25) is 14.6 Å². The summed E-state index contributed by atoms with van der Waals surface area (Å²) in [6, 6.07) is 5.59. The molecule has 1 aromatic heterocycles. The molecule has 0 aromatic carbocycles. The molecule has 2 rings (SSSR count). The van der Waals surface area contributed by atoms with Gasteiger partial charge < -0.3 is 9.64 Å². The molecule has 1 amide bonds. The van der Waals surface area contributed by atoms with E-state index in [0.717, 1.165) is 18.5 Å². The number of rotatable bonds is 7. The largest absolute Gasteiger partial charge is 0.459 e. The third-order valence-electron chi connectivity index (χ3n) is 3.95. The number of pyridine rings is 1. The molecule has 2 heterocycles. The number of likely N-dealkylation sites (tertiary alicyclic amines) is 1. The van der Waals surface area contributed by atoms with Crippen LogP contribution < -0.4 is 0 Å². The van der Waals surface area contributed by atoms with Gasteiger partial charge in [0.15, 0.2) is 0 Å². The zero-order valence-corrected chi connectivity index (χ0v) is 13.8. The lowest BCUT2D eigenvalue weighted by Gasteiger charge is -2.26. The van der Waals surface area contributed by atoms with Crippen molar-refractivity contribution in [2.45, 2.75) is 45.3 Å². The van der Waals surface area contributed by atoms with Crippen molar-refractivity contribution in [3.8, 4) is 0 Å². The van der Waals surface area contributed by atoms with Crippen molar-refractivity contribution in [3.63, 3.8) is 0 Å². The van der Waals surface area contributed by atoms with Gasteiger partial charge in [-0.2, -0.15) is 0 Å². The van der Waals surface area contributed by atoms with Gasteiger partial charge in [-0.15, -0.1) is 6.58 Å². The smallest absolute Gasteiger partial charge is 0.311 e. The van der Waals surface area contributed by atoms with Crippen LogP contribution in [0.1, 0.15) is 38.8 Å². The molecule has 0 N–H and O–H groups in total. The molecule has 1 aliphatic rings. The first-order chi connectivity index (χ1) is 10.9. The van der Waals surface area contributed by atoms with E-state index in [9.17, 15) is 9.59 Å². The van der Waals surface area contributed by atoms with Crippen molar-refractivity contribution in [2.75, 3.05) is 6.54 Å². The molecule has 124 valence electrons. The number of hydrogen-bond acceptors (Lipinski definition) is 4. The lowest BCUT2D eigenvalue weighted by atomic mass is 10.0. The summed E-state index contributed by atoms with van der Waals surface area (Å²) in [4.78, 5) is 30.3. The Morgan fingerprint density at radius 2 is 2.30 bits per heavy atom. The van der Waals surface area contributed by atoms with Crippen LogP contribution in [0, 0.1) is 5.92 Å². The maximum Gasteiger partial charge on any atom is 0.311 e. The number of aromatic nitrogens is 1. The van der Waals surface area contributed by atoms with Gasteiger partial charge in [0.2, 0.25) is 5.91 Å². The number of ether oxygens (including phenoxy) is 1. The minimum absolute atomic E-state index is 0.0264. The first-order valence-corrected chi connectivity index (χ1v) is 7.93. The zero-order chi connectivity index (χ0) is 16.9. The van der Waals surface area contributed by atoms with E-state index in [1.807, 2.05) is 38.1 Å². The number of carbonyl (C=O) groups is 2. The second-order valence-corrected chi connectivity index (χ2v) is 6.50. The summed E-state index contributed by atoms with van der Waals surface area (Å²) >= 11 is 0. The van der Waals surface area contributed by atoms with E-state index in [0.29, 0.717) is 13.1 Å². The van der Waals surface area contributed by atoms with E-state index in [1.54, 1.807) is 11.1 Å². The highest BCUT2D eigenvalue weighted by Gasteiger charge is 2.37. The lowest BCUT2D eigenvalue weighted by molar-refractivity contribution is -0.161. The molecule has 23 heavy (non-hydrogen) atoms. The SMILES string of the molecule is C=CCCC(C)(C)OC(=O)[C@@H]1CC(=O)N(Cc2ccccn2)C1. The summed E-state index contributed by atoms with van der Waals surface area (Å²) in [5.74, 6) is -0.716. The first kappa shape index (κ1) is 17.2. The van der Waals surface area contributed by atoms with E-state index in [2.05, 4.69) is 11.6 Å². The quantitative estimate of drug-likeness (QED) is 0.573. The number of esters is 1. The number of carbonyl (C=O) groups excluding carboxylic acids is 2. The molecule has 1 aromatic rings. The van der Waals surface area contributed by atoms with Gasteiger partial charge in [0, 0.05) is 19.2 Å². The molecule has 1 aliphatic heterocycles. The van der Waals surface area contributed by atoms with Gasteiger partial charge in [0.25, 0.3) is 0 Å². The molecule has 0 spiro atoms. The molecule has 5 heteroatoms. The summed E-state index contributed by atoms with van der Waals surface area (Å²) in [5, 5.41) is 0.